The molecule has 46 valence electrons. The molecule has 0 rings (SSSR count). The normalized spacial score (nSPS) is 7.75. The van der Waals surface area contributed by atoms with Crippen LogP contribution in [0.5, 0.6) is 0 Å². The third-order valence-electron chi connectivity index (χ3n) is 0.804. The molecule has 0 N–H and O–H groups in total. The summed E-state index contributed by atoms with van der Waals surface area (Å²) in [6.45, 7) is 6.99. The minimum absolute atomic E-state index is 0.465. The molecule has 0 aliphatic rings. The quantitative estimate of drug-likeness (QED) is 0.407. The maximum Gasteiger partial charge on any atom is 0.152 e. The van der Waals surface area contributed by atoms with Crippen LogP contribution >= 0.6 is 0 Å². The maximum atomic E-state index is 4.68. The lowest BCUT2D eigenvalue weighted by molar-refractivity contribution is 0.223. The standard InChI is InChI=1S/C6H10O2/c1-5(7-3)6(2)8-4/h1-2H2,3-4H3. The van der Waals surface area contributed by atoms with E-state index in [-0.39, 0.29) is 0 Å². The van der Waals surface area contributed by atoms with Crippen molar-refractivity contribution in [2.45, 2.75) is 0 Å². The first-order valence-electron chi connectivity index (χ1n) is 2.18. The van der Waals surface area contributed by atoms with E-state index in [4.69, 9.17) is 0 Å². The van der Waals surface area contributed by atoms with Gasteiger partial charge in [-0.15, -0.1) is 0 Å². The highest BCUT2D eigenvalue weighted by molar-refractivity contribution is 5.11. The second-order valence-corrected chi connectivity index (χ2v) is 1.25. The van der Waals surface area contributed by atoms with Crippen LogP contribution in [0, 0.1) is 0 Å². The van der Waals surface area contributed by atoms with Gasteiger partial charge in [-0.2, -0.15) is 0 Å². The molecule has 8 heavy (non-hydrogen) atoms. The molecular formula is C6H10O2. The van der Waals surface area contributed by atoms with E-state index in [2.05, 4.69) is 22.6 Å². The Balaban J connectivity index is 3.64. The Kier molecular flexibility index (Phi) is 2.77. The van der Waals surface area contributed by atoms with Crippen LogP contribution in [-0.4, -0.2) is 14.2 Å². The van der Waals surface area contributed by atoms with E-state index in [9.17, 15) is 0 Å². The molecule has 0 heterocycles. The first-order chi connectivity index (χ1) is 3.72. The number of rotatable bonds is 3. The summed E-state index contributed by atoms with van der Waals surface area (Å²) in [6.07, 6.45) is 0. The fourth-order valence-corrected chi connectivity index (χ4v) is 0.228. The largest absolute Gasteiger partial charge is 0.494 e. The number of ether oxygens (including phenoxy) is 2. The van der Waals surface area contributed by atoms with Crippen molar-refractivity contribution >= 4 is 0 Å². The van der Waals surface area contributed by atoms with Gasteiger partial charge in [0.15, 0.2) is 11.5 Å². The fraction of sp³-hybridized carbons (Fsp3) is 0.333. The van der Waals surface area contributed by atoms with Gasteiger partial charge >= 0.3 is 0 Å². The van der Waals surface area contributed by atoms with Gasteiger partial charge in [0.2, 0.25) is 0 Å². The third kappa shape index (κ3) is 1.69. The summed E-state index contributed by atoms with van der Waals surface area (Å²) in [7, 11) is 3.04. The molecule has 0 amide bonds. The molecule has 0 aliphatic carbocycles. The topological polar surface area (TPSA) is 18.5 Å². The van der Waals surface area contributed by atoms with Crippen LogP contribution in [-0.2, 0) is 9.47 Å². The molecule has 0 spiro atoms. The van der Waals surface area contributed by atoms with E-state index in [0.717, 1.165) is 0 Å². The first kappa shape index (κ1) is 7.08. The molecule has 2 heteroatoms. The first-order valence-corrected chi connectivity index (χ1v) is 2.18. The second kappa shape index (κ2) is 3.13. The molecule has 0 fully saturated rings. The molecule has 0 saturated heterocycles. The van der Waals surface area contributed by atoms with Crippen molar-refractivity contribution in [3.8, 4) is 0 Å². The third-order valence-corrected chi connectivity index (χ3v) is 0.804. The van der Waals surface area contributed by atoms with Crippen LogP contribution in [0.1, 0.15) is 0 Å². The van der Waals surface area contributed by atoms with Gasteiger partial charge in [0.1, 0.15) is 0 Å². The SMILES string of the molecule is C=C(OC)C(=C)OC. The molecular weight excluding hydrogens is 104 g/mol. The Morgan fingerprint density at radius 2 is 1.25 bits per heavy atom. The van der Waals surface area contributed by atoms with Crippen LogP contribution in [0.3, 0.4) is 0 Å². The monoisotopic (exact) mass is 114 g/mol. The number of methoxy groups -OCH3 is 2. The molecule has 0 aromatic heterocycles. The summed E-state index contributed by atoms with van der Waals surface area (Å²) in [4.78, 5) is 0. The van der Waals surface area contributed by atoms with Crippen molar-refractivity contribution in [3.63, 3.8) is 0 Å². The minimum atomic E-state index is 0.465. The van der Waals surface area contributed by atoms with Crippen LogP contribution in [0.2, 0.25) is 0 Å². The van der Waals surface area contributed by atoms with Crippen LogP contribution in [0.25, 0.3) is 0 Å². The summed E-state index contributed by atoms with van der Waals surface area (Å²) in [6, 6.07) is 0. The Morgan fingerprint density at radius 3 is 1.38 bits per heavy atom. The van der Waals surface area contributed by atoms with Crippen LogP contribution < -0.4 is 0 Å². The van der Waals surface area contributed by atoms with Gasteiger partial charge < -0.3 is 9.47 Å². The summed E-state index contributed by atoms with van der Waals surface area (Å²) in [5.74, 6) is 0.931. The summed E-state index contributed by atoms with van der Waals surface area (Å²) in [5.41, 5.74) is 0. The smallest absolute Gasteiger partial charge is 0.152 e. The van der Waals surface area contributed by atoms with Gasteiger partial charge in [-0.3, -0.25) is 0 Å². The predicted octanol–water partition coefficient (Wildman–Crippen LogP) is 1.31. The van der Waals surface area contributed by atoms with Gasteiger partial charge in [0.05, 0.1) is 14.2 Å². The van der Waals surface area contributed by atoms with Crippen molar-refractivity contribution in [2.75, 3.05) is 14.2 Å². The fourth-order valence-electron chi connectivity index (χ4n) is 0.228. The van der Waals surface area contributed by atoms with Crippen molar-refractivity contribution in [2.24, 2.45) is 0 Å². The van der Waals surface area contributed by atoms with Crippen molar-refractivity contribution in [1.29, 1.82) is 0 Å². The highest BCUT2D eigenvalue weighted by Gasteiger charge is 1.94. The maximum absolute atomic E-state index is 4.68. The van der Waals surface area contributed by atoms with E-state index in [0.29, 0.717) is 11.5 Å². The van der Waals surface area contributed by atoms with Gasteiger partial charge in [0, 0.05) is 0 Å². The number of hydrogen-bond acceptors (Lipinski definition) is 2. The van der Waals surface area contributed by atoms with Crippen LogP contribution in [0.15, 0.2) is 24.7 Å². The van der Waals surface area contributed by atoms with Gasteiger partial charge in [-0.05, 0) is 0 Å². The average Bonchev–Trinajstić information content (AvgIpc) is 1.84. The van der Waals surface area contributed by atoms with Crippen LogP contribution in [0.4, 0.5) is 0 Å². The molecule has 0 aliphatic heterocycles. The molecule has 0 saturated carbocycles. The molecule has 0 atom stereocenters. The van der Waals surface area contributed by atoms with E-state index < -0.39 is 0 Å². The zero-order chi connectivity index (χ0) is 6.57. The zero-order valence-corrected chi connectivity index (χ0v) is 5.23. The van der Waals surface area contributed by atoms with Gasteiger partial charge in [-0.1, -0.05) is 13.2 Å². The van der Waals surface area contributed by atoms with Gasteiger partial charge in [0.25, 0.3) is 0 Å². The highest BCUT2D eigenvalue weighted by atomic mass is 16.5. The average molecular weight is 114 g/mol. The lowest BCUT2D eigenvalue weighted by atomic mass is 10.5. The minimum Gasteiger partial charge on any atom is -0.494 e. The van der Waals surface area contributed by atoms with Crippen molar-refractivity contribution in [1.82, 2.24) is 0 Å². The van der Waals surface area contributed by atoms with E-state index in [1.807, 2.05) is 0 Å². The molecule has 0 aromatic carbocycles. The lowest BCUT2D eigenvalue weighted by Gasteiger charge is -2.03. The van der Waals surface area contributed by atoms with E-state index in [1.54, 1.807) is 0 Å². The Labute approximate surface area is 49.4 Å². The molecule has 2 nitrogen and oxygen atoms in total. The lowest BCUT2D eigenvalue weighted by Crippen LogP contribution is -1.90. The summed E-state index contributed by atoms with van der Waals surface area (Å²) < 4.78 is 9.37. The van der Waals surface area contributed by atoms with Crippen molar-refractivity contribution < 1.29 is 9.47 Å². The highest BCUT2D eigenvalue weighted by Crippen LogP contribution is 2.03. The number of hydrogen-bond donors (Lipinski definition) is 0. The molecule has 0 unspecified atom stereocenters. The Hall–Kier alpha value is -0.920. The molecule has 0 aromatic rings. The Bertz CT molecular complexity index is 91.1. The zero-order valence-electron chi connectivity index (χ0n) is 5.23. The van der Waals surface area contributed by atoms with E-state index in [1.165, 1.54) is 14.2 Å². The molecule has 0 radical (unpaired) electrons. The van der Waals surface area contributed by atoms with Gasteiger partial charge in [-0.25, -0.2) is 0 Å². The summed E-state index contributed by atoms with van der Waals surface area (Å²) >= 11 is 0. The predicted molar refractivity (Wildman–Crippen MR) is 32.3 cm³/mol. The van der Waals surface area contributed by atoms with Crippen molar-refractivity contribution in [3.05, 3.63) is 24.7 Å². The summed E-state index contributed by atoms with van der Waals surface area (Å²) in [5, 5.41) is 0. The second-order valence-electron chi connectivity index (χ2n) is 1.25. The molecule has 0 bridgehead atoms. The Morgan fingerprint density at radius 1 is 1.00 bits per heavy atom. The van der Waals surface area contributed by atoms with E-state index >= 15 is 0 Å².